The molecule has 1 saturated carbocycles. The molecule has 1 amide bonds. The molecule has 1 atom stereocenters. The summed E-state index contributed by atoms with van der Waals surface area (Å²) >= 11 is 0. The Bertz CT molecular complexity index is 1300. The molecule has 37 heavy (non-hydrogen) atoms. The number of carbonyl (C=O) groups excluding carboxylic acids is 1. The number of amides is 1. The average Bonchev–Trinajstić information content (AvgIpc) is 2.84. The van der Waals surface area contributed by atoms with Gasteiger partial charge in [0.15, 0.2) is 0 Å². The highest BCUT2D eigenvalue weighted by atomic mass is 32.2. The Balaban J connectivity index is 1.65. The van der Waals surface area contributed by atoms with Gasteiger partial charge in [0.1, 0.15) is 6.04 Å². The molecule has 13 heteroatoms. The molecule has 1 aliphatic rings. The number of aryl methyl sites for hydroxylation is 1. The predicted octanol–water partition coefficient (Wildman–Crippen LogP) is 2.71. The minimum Gasteiger partial charge on any atom is -0.481 e. The number of nitrogens with zero attached hydrogens (tertiary/aromatic N) is 1. The second-order valence-electron chi connectivity index (χ2n) is 9.00. The fourth-order valence-electron chi connectivity index (χ4n) is 4.24. The molecule has 0 unspecified atom stereocenters. The molecule has 0 heterocycles. The molecule has 0 saturated heterocycles. The lowest BCUT2D eigenvalue weighted by molar-refractivity contribution is -0.385. The first kappa shape index (κ1) is 27.6. The maximum absolute atomic E-state index is 12.8. The molecular formula is C24H27N3O9S. The number of nitrogens with one attached hydrogen (secondary N) is 2. The molecule has 0 bridgehead atoms. The summed E-state index contributed by atoms with van der Waals surface area (Å²) in [7, 11) is -4.13. The number of carbonyl (C=O) groups is 3. The van der Waals surface area contributed by atoms with Crippen molar-refractivity contribution in [1.82, 2.24) is 5.32 Å². The van der Waals surface area contributed by atoms with Gasteiger partial charge in [-0.2, -0.15) is 0 Å². The third kappa shape index (κ3) is 7.03. The molecule has 198 valence electrons. The minimum atomic E-state index is -4.13. The highest BCUT2D eigenvalue weighted by Gasteiger charge is 2.32. The molecule has 3 rings (SSSR count). The Morgan fingerprint density at radius 1 is 1.03 bits per heavy atom. The molecular weight excluding hydrogens is 506 g/mol. The Hall–Kier alpha value is -4.00. The fourth-order valence-corrected chi connectivity index (χ4v) is 5.56. The molecule has 0 aliphatic heterocycles. The lowest BCUT2D eigenvalue weighted by atomic mass is 9.81. The van der Waals surface area contributed by atoms with E-state index in [-0.39, 0.29) is 22.7 Å². The summed E-state index contributed by atoms with van der Waals surface area (Å²) in [5.74, 6) is -3.51. The number of aliphatic carboxylic acids is 2. The van der Waals surface area contributed by atoms with Gasteiger partial charge in [-0.15, -0.1) is 0 Å². The van der Waals surface area contributed by atoms with Gasteiger partial charge in [0, 0.05) is 30.2 Å². The maximum Gasteiger partial charge on any atom is 0.326 e. The van der Waals surface area contributed by atoms with Crippen LogP contribution in [-0.4, -0.2) is 47.4 Å². The number of carboxylic acids is 2. The van der Waals surface area contributed by atoms with E-state index in [1.807, 2.05) is 0 Å². The largest absolute Gasteiger partial charge is 0.481 e. The lowest BCUT2D eigenvalue weighted by Crippen LogP contribution is -2.45. The van der Waals surface area contributed by atoms with Crippen LogP contribution in [0.1, 0.15) is 36.8 Å². The van der Waals surface area contributed by atoms with Gasteiger partial charge in [-0.3, -0.25) is 24.4 Å². The topological polar surface area (TPSA) is 193 Å². The van der Waals surface area contributed by atoms with Crippen LogP contribution < -0.4 is 10.0 Å². The predicted molar refractivity (Wildman–Crippen MR) is 131 cm³/mol. The first-order valence-electron chi connectivity index (χ1n) is 11.5. The van der Waals surface area contributed by atoms with Gasteiger partial charge in [0.25, 0.3) is 15.7 Å². The zero-order valence-corrected chi connectivity index (χ0v) is 20.7. The van der Waals surface area contributed by atoms with Crippen molar-refractivity contribution in [2.24, 2.45) is 11.8 Å². The number of hydrogen-bond donors (Lipinski definition) is 4. The van der Waals surface area contributed by atoms with Crippen LogP contribution in [0.3, 0.4) is 0 Å². The van der Waals surface area contributed by atoms with Crippen LogP contribution in [0.5, 0.6) is 0 Å². The van der Waals surface area contributed by atoms with Crippen LogP contribution >= 0.6 is 0 Å². The summed E-state index contributed by atoms with van der Waals surface area (Å²) in [6.07, 6.45) is 1.40. The summed E-state index contributed by atoms with van der Waals surface area (Å²) in [5.41, 5.74) is 0.654. The van der Waals surface area contributed by atoms with E-state index in [1.54, 1.807) is 0 Å². The summed E-state index contributed by atoms with van der Waals surface area (Å²) in [4.78, 5) is 45.5. The highest BCUT2D eigenvalue weighted by Crippen LogP contribution is 2.29. The number of anilines is 1. The van der Waals surface area contributed by atoms with Crippen molar-refractivity contribution >= 4 is 39.2 Å². The number of sulfonamides is 1. The van der Waals surface area contributed by atoms with Crippen LogP contribution in [0, 0.1) is 28.9 Å². The Morgan fingerprint density at radius 2 is 1.62 bits per heavy atom. The molecule has 1 fully saturated rings. The minimum absolute atomic E-state index is 0.0530. The van der Waals surface area contributed by atoms with Gasteiger partial charge in [-0.05, 0) is 55.9 Å². The molecule has 4 N–H and O–H groups in total. The Kier molecular flexibility index (Phi) is 8.48. The normalized spacial score (nSPS) is 18.4. The Labute approximate surface area is 212 Å². The third-order valence-corrected chi connectivity index (χ3v) is 7.90. The number of rotatable bonds is 10. The van der Waals surface area contributed by atoms with E-state index in [0.717, 1.165) is 6.07 Å². The number of non-ortho nitro benzene ring substituents is 1. The first-order valence-corrected chi connectivity index (χ1v) is 13.0. The van der Waals surface area contributed by atoms with Gasteiger partial charge < -0.3 is 15.5 Å². The van der Waals surface area contributed by atoms with Crippen LogP contribution in [-0.2, 0) is 30.8 Å². The molecule has 12 nitrogen and oxygen atoms in total. The van der Waals surface area contributed by atoms with E-state index in [1.165, 1.54) is 43.3 Å². The van der Waals surface area contributed by atoms with E-state index >= 15 is 0 Å². The van der Waals surface area contributed by atoms with Crippen molar-refractivity contribution in [3.8, 4) is 0 Å². The number of carboxylic acid groups (broad SMARTS) is 2. The first-order chi connectivity index (χ1) is 17.4. The number of nitro groups is 1. The molecule has 2 aromatic carbocycles. The summed E-state index contributed by atoms with van der Waals surface area (Å²) in [6, 6.07) is 8.17. The second kappa shape index (κ2) is 11.4. The quantitative estimate of drug-likeness (QED) is 0.262. The standard InChI is InChI=1S/C24H27N3O9S/c1-14-2-11-19(27(33)34)13-21(14)37(35,36)26-18-9-3-15(4-10-18)12-20(24(31)32)25-22(28)16-5-7-17(8-6-16)23(29)30/h2-4,9-11,13,16-17,20,26H,5-8,12H2,1H3,(H,25,28)(H,29,30)(H,31,32)/t16?,17?,20-/m0/s1. The smallest absolute Gasteiger partial charge is 0.326 e. The molecule has 0 radical (unpaired) electrons. The van der Waals surface area contributed by atoms with E-state index in [0.29, 0.717) is 36.8 Å². The molecule has 0 spiro atoms. The fraction of sp³-hybridized carbons (Fsp3) is 0.375. The van der Waals surface area contributed by atoms with Gasteiger partial charge in [0.05, 0.1) is 15.7 Å². The van der Waals surface area contributed by atoms with E-state index < -0.39 is 50.7 Å². The highest BCUT2D eigenvalue weighted by molar-refractivity contribution is 7.92. The SMILES string of the molecule is Cc1ccc([N+](=O)[O-])cc1S(=O)(=O)Nc1ccc(C[C@H](NC(=O)C2CCC(C(=O)O)CC2)C(=O)O)cc1. The summed E-state index contributed by atoms with van der Waals surface area (Å²) in [6.45, 7) is 1.51. The van der Waals surface area contributed by atoms with E-state index in [9.17, 15) is 38.0 Å². The van der Waals surface area contributed by atoms with E-state index in [2.05, 4.69) is 10.0 Å². The second-order valence-corrected chi connectivity index (χ2v) is 10.7. The van der Waals surface area contributed by atoms with E-state index in [4.69, 9.17) is 5.11 Å². The zero-order chi connectivity index (χ0) is 27.3. The molecule has 1 aliphatic carbocycles. The van der Waals surface area contributed by atoms with Crippen molar-refractivity contribution < 1.29 is 37.9 Å². The van der Waals surface area contributed by atoms with Gasteiger partial charge in [0.2, 0.25) is 5.91 Å². The van der Waals surface area contributed by atoms with Crippen molar-refractivity contribution in [2.45, 2.75) is 50.0 Å². The van der Waals surface area contributed by atoms with Crippen molar-refractivity contribution in [3.63, 3.8) is 0 Å². The van der Waals surface area contributed by atoms with Crippen LogP contribution in [0.4, 0.5) is 11.4 Å². The van der Waals surface area contributed by atoms with Gasteiger partial charge >= 0.3 is 11.9 Å². The Morgan fingerprint density at radius 3 is 2.16 bits per heavy atom. The summed E-state index contributed by atoms with van der Waals surface area (Å²) < 4.78 is 27.9. The maximum atomic E-state index is 12.8. The molecule has 0 aromatic heterocycles. The average molecular weight is 534 g/mol. The lowest BCUT2D eigenvalue weighted by Gasteiger charge is -2.26. The van der Waals surface area contributed by atoms with Gasteiger partial charge in [-0.25, -0.2) is 13.2 Å². The number of nitro benzene ring substituents is 1. The third-order valence-electron chi connectivity index (χ3n) is 6.38. The molecule has 2 aromatic rings. The van der Waals surface area contributed by atoms with Crippen LogP contribution in [0.15, 0.2) is 47.4 Å². The monoisotopic (exact) mass is 533 g/mol. The number of hydrogen-bond acceptors (Lipinski definition) is 7. The van der Waals surface area contributed by atoms with Crippen LogP contribution in [0.25, 0.3) is 0 Å². The van der Waals surface area contributed by atoms with Crippen molar-refractivity contribution in [2.75, 3.05) is 4.72 Å². The van der Waals surface area contributed by atoms with Crippen molar-refractivity contribution in [1.29, 1.82) is 0 Å². The number of benzene rings is 2. The van der Waals surface area contributed by atoms with Gasteiger partial charge in [-0.1, -0.05) is 18.2 Å². The van der Waals surface area contributed by atoms with Crippen molar-refractivity contribution in [3.05, 3.63) is 63.7 Å². The van der Waals surface area contributed by atoms with Crippen LogP contribution in [0.2, 0.25) is 0 Å². The summed E-state index contributed by atoms with van der Waals surface area (Å²) in [5, 5.41) is 32.2. The zero-order valence-electron chi connectivity index (χ0n) is 19.9.